The number of hydrogen-bond donors (Lipinski definition) is 1. The van der Waals surface area contributed by atoms with Gasteiger partial charge in [0.2, 0.25) is 5.91 Å². The molecular formula is C16H20N2O. The molecule has 1 amide bonds. The third-order valence-corrected chi connectivity index (χ3v) is 3.20. The maximum absolute atomic E-state index is 11.8. The topological polar surface area (TPSA) is 32.3 Å². The van der Waals surface area contributed by atoms with E-state index in [2.05, 4.69) is 17.2 Å². The fraction of sp³-hybridized carbons (Fsp3) is 0.438. The van der Waals surface area contributed by atoms with Gasteiger partial charge in [-0.3, -0.25) is 10.1 Å². The monoisotopic (exact) mass is 256 g/mol. The highest BCUT2D eigenvalue weighted by molar-refractivity contribution is 5.78. The van der Waals surface area contributed by atoms with Crippen LogP contribution in [-0.2, 0) is 4.79 Å². The Hall–Kier alpha value is -1.79. The lowest BCUT2D eigenvalue weighted by Crippen LogP contribution is -2.41. The van der Waals surface area contributed by atoms with Crippen LogP contribution in [0.4, 0.5) is 0 Å². The number of amides is 1. The Balaban J connectivity index is 1.66. The molecule has 0 aliphatic carbocycles. The van der Waals surface area contributed by atoms with Gasteiger partial charge in [-0.05, 0) is 31.4 Å². The van der Waals surface area contributed by atoms with Crippen LogP contribution in [0.25, 0.3) is 0 Å². The number of nitrogens with zero attached hydrogens (tertiary/aromatic N) is 1. The third-order valence-electron chi connectivity index (χ3n) is 3.20. The van der Waals surface area contributed by atoms with Gasteiger partial charge >= 0.3 is 0 Å². The zero-order valence-corrected chi connectivity index (χ0v) is 11.2. The predicted octanol–water partition coefficient (Wildman–Crippen LogP) is 1.64. The predicted molar refractivity (Wildman–Crippen MR) is 76.6 cm³/mol. The smallest absolute Gasteiger partial charge is 0.236 e. The fourth-order valence-electron chi connectivity index (χ4n) is 2.15. The molecule has 2 rings (SSSR count). The second-order valence-electron chi connectivity index (χ2n) is 4.71. The van der Waals surface area contributed by atoms with Crippen molar-refractivity contribution in [3.8, 4) is 11.8 Å². The van der Waals surface area contributed by atoms with E-state index in [0.29, 0.717) is 13.1 Å². The molecular weight excluding hydrogens is 236 g/mol. The SMILES string of the molecule is O=C(CNCC#Cc1ccccc1)N1CCCCC1. The molecule has 1 saturated heterocycles. The molecule has 0 unspecified atom stereocenters. The summed E-state index contributed by atoms with van der Waals surface area (Å²) in [5, 5.41) is 3.09. The van der Waals surface area contributed by atoms with Crippen molar-refractivity contribution in [1.82, 2.24) is 10.2 Å². The zero-order chi connectivity index (χ0) is 13.3. The van der Waals surface area contributed by atoms with Crippen LogP contribution in [0, 0.1) is 11.8 Å². The van der Waals surface area contributed by atoms with E-state index in [1.807, 2.05) is 35.2 Å². The Bertz CT molecular complexity index is 453. The van der Waals surface area contributed by atoms with Gasteiger partial charge in [-0.15, -0.1) is 0 Å². The third kappa shape index (κ3) is 4.76. The van der Waals surface area contributed by atoms with Crippen LogP contribution in [0.1, 0.15) is 24.8 Å². The van der Waals surface area contributed by atoms with E-state index < -0.39 is 0 Å². The number of piperidine rings is 1. The summed E-state index contributed by atoms with van der Waals surface area (Å²) >= 11 is 0. The highest BCUT2D eigenvalue weighted by Gasteiger charge is 2.15. The molecule has 1 N–H and O–H groups in total. The number of hydrogen-bond acceptors (Lipinski definition) is 2. The Kier molecular flexibility index (Phi) is 5.46. The van der Waals surface area contributed by atoms with Crippen molar-refractivity contribution in [1.29, 1.82) is 0 Å². The van der Waals surface area contributed by atoms with Crippen LogP contribution >= 0.6 is 0 Å². The zero-order valence-electron chi connectivity index (χ0n) is 11.2. The summed E-state index contributed by atoms with van der Waals surface area (Å²) in [5.41, 5.74) is 1.01. The molecule has 1 aliphatic rings. The Morgan fingerprint density at radius 1 is 1.16 bits per heavy atom. The lowest BCUT2D eigenvalue weighted by Gasteiger charge is -2.26. The number of rotatable bonds is 3. The maximum atomic E-state index is 11.8. The molecule has 0 bridgehead atoms. The highest BCUT2D eigenvalue weighted by Crippen LogP contribution is 2.07. The summed E-state index contributed by atoms with van der Waals surface area (Å²) in [6, 6.07) is 9.87. The summed E-state index contributed by atoms with van der Waals surface area (Å²) in [5.74, 6) is 6.28. The summed E-state index contributed by atoms with van der Waals surface area (Å²) in [6.45, 7) is 2.77. The van der Waals surface area contributed by atoms with Crippen molar-refractivity contribution in [2.45, 2.75) is 19.3 Å². The molecule has 1 aliphatic heterocycles. The number of nitrogens with one attached hydrogen (secondary N) is 1. The van der Waals surface area contributed by atoms with E-state index in [1.165, 1.54) is 6.42 Å². The van der Waals surface area contributed by atoms with E-state index in [0.717, 1.165) is 31.5 Å². The van der Waals surface area contributed by atoms with E-state index in [9.17, 15) is 4.79 Å². The average molecular weight is 256 g/mol. The minimum atomic E-state index is 0.196. The number of likely N-dealkylation sites (tertiary alicyclic amines) is 1. The molecule has 19 heavy (non-hydrogen) atoms. The highest BCUT2D eigenvalue weighted by atomic mass is 16.2. The summed E-state index contributed by atoms with van der Waals surface area (Å²) in [7, 11) is 0. The van der Waals surface area contributed by atoms with Gasteiger partial charge in [0.25, 0.3) is 0 Å². The van der Waals surface area contributed by atoms with Gasteiger partial charge in [-0.2, -0.15) is 0 Å². The molecule has 1 fully saturated rings. The van der Waals surface area contributed by atoms with Crippen molar-refractivity contribution in [2.24, 2.45) is 0 Å². The van der Waals surface area contributed by atoms with Gasteiger partial charge in [0.1, 0.15) is 0 Å². The molecule has 0 atom stereocenters. The van der Waals surface area contributed by atoms with Crippen LogP contribution in [0.15, 0.2) is 30.3 Å². The van der Waals surface area contributed by atoms with Crippen molar-refractivity contribution in [2.75, 3.05) is 26.2 Å². The molecule has 100 valence electrons. The van der Waals surface area contributed by atoms with Crippen LogP contribution < -0.4 is 5.32 Å². The quantitative estimate of drug-likeness (QED) is 0.658. The molecule has 0 saturated carbocycles. The summed E-state index contributed by atoms with van der Waals surface area (Å²) in [4.78, 5) is 13.8. The van der Waals surface area contributed by atoms with Gasteiger partial charge in [-0.25, -0.2) is 0 Å². The summed E-state index contributed by atoms with van der Waals surface area (Å²) < 4.78 is 0. The Morgan fingerprint density at radius 3 is 2.63 bits per heavy atom. The normalized spacial score (nSPS) is 14.6. The first kappa shape index (κ1) is 13.6. The van der Waals surface area contributed by atoms with Crippen LogP contribution in [0.5, 0.6) is 0 Å². The molecule has 1 heterocycles. The molecule has 0 spiro atoms. The number of carbonyl (C=O) groups is 1. The summed E-state index contributed by atoms with van der Waals surface area (Å²) in [6.07, 6.45) is 3.53. The van der Waals surface area contributed by atoms with E-state index in [4.69, 9.17) is 0 Å². The largest absolute Gasteiger partial charge is 0.342 e. The first-order chi connectivity index (χ1) is 9.36. The van der Waals surface area contributed by atoms with Crippen LogP contribution in [0.2, 0.25) is 0 Å². The maximum Gasteiger partial charge on any atom is 0.236 e. The minimum absolute atomic E-state index is 0.196. The average Bonchev–Trinajstić information content (AvgIpc) is 2.49. The van der Waals surface area contributed by atoms with Gasteiger partial charge < -0.3 is 4.90 Å². The molecule has 3 heteroatoms. The van der Waals surface area contributed by atoms with Crippen LogP contribution in [0.3, 0.4) is 0 Å². The number of carbonyl (C=O) groups excluding carboxylic acids is 1. The van der Waals surface area contributed by atoms with E-state index in [1.54, 1.807) is 0 Å². The molecule has 0 aromatic heterocycles. The molecule has 0 radical (unpaired) electrons. The second-order valence-corrected chi connectivity index (χ2v) is 4.71. The Labute approximate surface area is 115 Å². The van der Waals surface area contributed by atoms with Gasteiger partial charge in [0.15, 0.2) is 0 Å². The fourth-order valence-corrected chi connectivity index (χ4v) is 2.15. The van der Waals surface area contributed by atoms with E-state index >= 15 is 0 Å². The lowest BCUT2D eigenvalue weighted by atomic mass is 10.1. The standard InChI is InChI=1S/C16H20N2O/c19-16(18-12-5-2-6-13-18)14-17-11-7-10-15-8-3-1-4-9-15/h1,3-4,8-9,17H,2,5-6,11-14H2. The second kappa shape index (κ2) is 7.60. The van der Waals surface area contributed by atoms with Gasteiger partial charge in [0.05, 0.1) is 13.1 Å². The van der Waals surface area contributed by atoms with Crippen LogP contribution in [-0.4, -0.2) is 37.0 Å². The molecule has 3 nitrogen and oxygen atoms in total. The molecule has 1 aromatic rings. The number of benzene rings is 1. The Morgan fingerprint density at radius 2 is 1.89 bits per heavy atom. The van der Waals surface area contributed by atoms with Gasteiger partial charge in [-0.1, -0.05) is 30.0 Å². The van der Waals surface area contributed by atoms with Crippen molar-refractivity contribution >= 4 is 5.91 Å². The minimum Gasteiger partial charge on any atom is -0.342 e. The lowest BCUT2D eigenvalue weighted by molar-refractivity contribution is -0.131. The van der Waals surface area contributed by atoms with Crippen molar-refractivity contribution in [3.05, 3.63) is 35.9 Å². The van der Waals surface area contributed by atoms with Crippen molar-refractivity contribution < 1.29 is 4.79 Å². The van der Waals surface area contributed by atoms with Gasteiger partial charge in [0, 0.05) is 18.7 Å². The van der Waals surface area contributed by atoms with Crippen molar-refractivity contribution in [3.63, 3.8) is 0 Å². The first-order valence-corrected chi connectivity index (χ1v) is 6.89. The first-order valence-electron chi connectivity index (χ1n) is 6.89. The molecule has 1 aromatic carbocycles. The van der Waals surface area contributed by atoms with E-state index in [-0.39, 0.29) is 5.91 Å².